The smallest absolute Gasteiger partial charge is 0.172 e. The number of nitrogens with zero attached hydrogens (tertiary/aromatic N) is 5. The van der Waals surface area contributed by atoms with Crippen molar-refractivity contribution in [1.29, 1.82) is 0 Å². The summed E-state index contributed by atoms with van der Waals surface area (Å²) in [5.74, 6) is 1.24. The Labute approximate surface area is 244 Å². The highest BCUT2D eigenvalue weighted by molar-refractivity contribution is 6.33. The number of fused-ring (bicyclic) bond motifs is 2. The highest BCUT2D eigenvalue weighted by atomic mass is 35.5. The maximum atomic E-state index is 6.72. The standard InChI is InChI=1S/C35H30ClN5/c36-30-23-28-15-13-25(12-11-24-14-16-29(21-24)41-20-17-31-35(41)38-19-18-37-31)22-32(28)39-34(30)40-33(26-7-3-1-4-8-26)27-9-5-2-6-10-27/h1-10,13,15,17-20,22-24,29H,11-12,14,16,21H2. The fourth-order valence-corrected chi connectivity index (χ4v) is 6.31. The van der Waals surface area contributed by atoms with Gasteiger partial charge in [-0.1, -0.05) is 84.4 Å². The van der Waals surface area contributed by atoms with Gasteiger partial charge in [-0.05, 0) is 61.8 Å². The Hall–Kier alpha value is -4.35. The van der Waals surface area contributed by atoms with Crippen LogP contribution >= 0.6 is 11.6 Å². The van der Waals surface area contributed by atoms with Crippen molar-refractivity contribution in [3.63, 3.8) is 0 Å². The lowest BCUT2D eigenvalue weighted by Gasteiger charge is -2.14. The van der Waals surface area contributed by atoms with E-state index in [9.17, 15) is 0 Å². The van der Waals surface area contributed by atoms with Crippen molar-refractivity contribution < 1.29 is 0 Å². The lowest BCUT2D eigenvalue weighted by Crippen LogP contribution is -2.05. The lowest BCUT2D eigenvalue weighted by molar-refractivity contribution is 0.461. The average Bonchev–Trinajstić information content (AvgIpc) is 3.67. The Balaban J connectivity index is 1.11. The Morgan fingerprint density at radius 3 is 2.37 bits per heavy atom. The number of rotatable bonds is 7. The molecule has 2 atom stereocenters. The lowest BCUT2D eigenvalue weighted by atomic mass is 9.97. The van der Waals surface area contributed by atoms with E-state index >= 15 is 0 Å². The van der Waals surface area contributed by atoms with E-state index in [1.54, 1.807) is 12.4 Å². The Kier molecular flexibility index (Phi) is 7.03. The van der Waals surface area contributed by atoms with Gasteiger partial charge in [0.15, 0.2) is 11.5 Å². The molecule has 1 saturated carbocycles. The van der Waals surface area contributed by atoms with Crippen LogP contribution in [0.15, 0.2) is 115 Å². The van der Waals surface area contributed by atoms with Crippen LogP contribution in [-0.2, 0) is 6.42 Å². The highest BCUT2D eigenvalue weighted by Gasteiger charge is 2.26. The number of benzene rings is 3. The summed E-state index contributed by atoms with van der Waals surface area (Å²) in [7, 11) is 0. The van der Waals surface area contributed by atoms with Crippen molar-refractivity contribution in [3.8, 4) is 0 Å². The maximum Gasteiger partial charge on any atom is 0.172 e. The number of hydrogen-bond donors (Lipinski definition) is 0. The van der Waals surface area contributed by atoms with Crippen molar-refractivity contribution in [2.45, 2.75) is 38.1 Å². The van der Waals surface area contributed by atoms with Gasteiger partial charge in [-0.15, -0.1) is 0 Å². The molecule has 5 nitrogen and oxygen atoms in total. The molecule has 2 unspecified atom stereocenters. The van der Waals surface area contributed by atoms with Crippen molar-refractivity contribution >= 4 is 45.2 Å². The van der Waals surface area contributed by atoms with Crippen LogP contribution in [-0.4, -0.2) is 25.2 Å². The zero-order chi connectivity index (χ0) is 27.6. The van der Waals surface area contributed by atoms with Crippen molar-refractivity contribution in [3.05, 3.63) is 131 Å². The Morgan fingerprint density at radius 1 is 0.829 bits per heavy atom. The SMILES string of the molecule is Clc1cc2ccc(CCC3CCC(n4ccc5nccnc54)C3)cc2nc1N=C(c1ccccc1)c1ccccc1. The maximum absolute atomic E-state index is 6.72. The first-order valence-electron chi connectivity index (χ1n) is 14.3. The number of pyridine rings is 1. The third-order valence-electron chi connectivity index (χ3n) is 8.22. The number of hydrogen-bond acceptors (Lipinski definition) is 4. The molecule has 0 saturated heterocycles. The molecule has 41 heavy (non-hydrogen) atoms. The van der Waals surface area contributed by atoms with Crippen LogP contribution in [0.3, 0.4) is 0 Å². The van der Waals surface area contributed by atoms with Crippen LogP contribution in [0.2, 0.25) is 5.02 Å². The Morgan fingerprint density at radius 2 is 1.59 bits per heavy atom. The predicted octanol–water partition coefficient (Wildman–Crippen LogP) is 8.78. The third-order valence-corrected chi connectivity index (χ3v) is 8.50. The number of aromatic nitrogens is 4. The van der Waals surface area contributed by atoms with Gasteiger partial charge in [0.2, 0.25) is 0 Å². The van der Waals surface area contributed by atoms with E-state index in [0.29, 0.717) is 22.8 Å². The molecule has 6 heteroatoms. The van der Waals surface area contributed by atoms with Crippen LogP contribution in [0, 0.1) is 5.92 Å². The van der Waals surface area contributed by atoms with E-state index in [1.807, 2.05) is 42.5 Å². The molecular weight excluding hydrogens is 526 g/mol. The van der Waals surface area contributed by atoms with Crippen LogP contribution < -0.4 is 0 Å². The molecule has 0 amide bonds. The van der Waals surface area contributed by atoms with Crippen molar-refractivity contribution in [2.75, 3.05) is 0 Å². The summed E-state index contributed by atoms with van der Waals surface area (Å²) in [6.07, 6.45) is 11.5. The molecule has 0 N–H and O–H groups in total. The summed E-state index contributed by atoms with van der Waals surface area (Å²) in [5.41, 5.74) is 7.11. The quantitative estimate of drug-likeness (QED) is 0.185. The molecule has 0 aliphatic heterocycles. The number of aryl methyl sites for hydroxylation is 1. The second-order valence-electron chi connectivity index (χ2n) is 10.9. The van der Waals surface area contributed by atoms with E-state index in [4.69, 9.17) is 21.6 Å². The molecule has 3 heterocycles. The van der Waals surface area contributed by atoms with Crippen LogP contribution in [0.1, 0.15) is 48.4 Å². The molecule has 1 fully saturated rings. The van der Waals surface area contributed by atoms with Crippen LogP contribution in [0.4, 0.5) is 5.82 Å². The number of aliphatic imine (C=N–C) groups is 1. The summed E-state index contributed by atoms with van der Waals surface area (Å²) < 4.78 is 2.33. The molecular formula is C35H30ClN5. The molecule has 3 aromatic carbocycles. The van der Waals surface area contributed by atoms with E-state index in [0.717, 1.165) is 51.7 Å². The van der Waals surface area contributed by atoms with E-state index in [1.165, 1.54) is 24.8 Å². The van der Waals surface area contributed by atoms with E-state index in [2.05, 4.69) is 69.3 Å². The molecule has 0 spiro atoms. The molecule has 7 rings (SSSR count). The summed E-state index contributed by atoms with van der Waals surface area (Å²) >= 11 is 6.72. The summed E-state index contributed by atoms with van der Waals surface area (Å²) in [6, 6.07) is 31.5. The Bertz CT molecular complexity index is 1800. The molecule has 1 aliphatic rings. The summed E-state index contributed by atoms with van der Waals surface area (Å²) in [5, 5.41) is 1.58. The van der Waals surface area contributed by atoms with Crippen molar-refractivity contribution in [2.24, 2.45) is 10.9 Å². The van der Waals surface area contributed by atoms with Gasteiger partial charge in [0.1, 0.15) is 5.52 Å². The van der Waals surface area contributed by atoms with Gasteiger partial charge in [-0.3, -0.25) is 4.98 Å². The first-order valence-corrected chi connectivity index (χ1v) is 14.7. The molecule has 6 aromatic rings. The topological polar surface area (TPSA) is 56.0 Å². The van der Waals surface area contributed by atoms with Gasteiger partial charge < -0.3 is 4.57 Å². The predicted molar refractivity (Wildman–Crippen MR) is 167 cm³/mol. The number of halogens is 1. The summed E-state index contributed by atoms with van der Waals surface area (Å²) in [4.78, 5) is 19.0. The minimum absolute atomic E-state index is 0.499. The van der Waals surface area contributed by atoms with Crippen LogP contribution in [0.25, 0.3) is 22.1 Å². The molecule has 202 valence electrons. The van der Waals surface area contributed by atoms with Gasteiger partial charge in [-0.25, -0.2) is 15.0 Å². The monoisotopic (exact) mass is 555 g/mol. The van der Waals surface area contributed by atoms with Crippen molar-refractivity contribution in [1.82, 2.24) is 19.5 Å². The first kappa shape index (κ1) is 25.6. The van der Waals surface area contributed by atoms with E-state index < -0.39 is 0 Å². The average molecular weight is 556 g/mol. The third kappa shape index (κ3) is 5.38. The zero-order valence-corrected chi connectivity index (χ0v) is 23.5. The summed E-state index contributed by atoms with van der Waals surface area (Å²) in [6.45, 7) is 0. The van der Waals surface area contributed by atoms with Gasteiger partial charge in [0.05, 0.1) is 16.3 Å². The molecule has 1 aliphatic carbocycles. The zero-order valence-electron chi connectivity index (χ0n) is 22.7. The van der Waals surface area contributed by atoms with Gasteiger partial charge >= 0.3 is 0 Å². The van der Waals surface area contributed by atoms with Gasteiger partial charge in [0.25, 0.3) is 0 Å². The first-order chi connectivity index (χ1) is 20.2. The largest absolute Gasteiger partial charge is 0.328 e. The fraction of sp³-hybridized carbons (Fsp3) is 0.200. The minimum Gasteiger partial charge on any atom is -0.328 e. The second kappa shape index (κ2) is 11.3. The van der Waals surface area contributed by atoms with Crippen LogP contribution in [0.5, 0.6) is 0 Å². The van der Waals surface area contributed by atoms with E-state index in [-0.39, 0.29) is 0 Å². The normalized spacial score (nSPS) is 16.8. The second-order valence-corrected chi connectivity index (χ2v) is 11.3. The fourth-order valence-electron chi connectivity index (χ4n) is 6.11. The molecule has 0 radical (unpaired) electrons. The molecule has 0 bridgehead atoms. The minimum atomic E-state index is 0.499. The molecule has 3 aromatic heterocycles. The van der Waals surface area contributed by atoms with Gasteiger partial charge in [0, 0.05) is 41.1 Å². The highest BCUT2D eigenvalue weighted by Crippen LogP contribution is 2.38. The van der Waals surface area contributed by atoms with Gasteiger partial charge in [-0.2, -0.15) is 0 Å².